The van der Waals surface area contributed by atoms with E-state index in [0.717, 1.165) is 37.6 Å². The molecule has 3 nitrogen and oxygen atoms in total. The topological polar surface area (TPSA) is 33.3 Å². The van der Waals surface area contributed by atoms with Crippen LogP contribution in [0.5, 0.6) is 5.75 Å². The van der Waals surface area contributed by atoms with Crippen LogP contribution in [0.1, 0.15) is 59.3 Å². The number of hydrogen-bond donors (Lipinski definition) is 2. The van der Waals surface area contributed by atoms with E-state index in [0.29, 0.717) is 6.04 Å². The Balaban J connectivity index is 2.18. The maximum Gasteiger partial charge on any atom is 0.121 e. The molecular weight excluding hydrogens is 272 g/mol. The molecule has 126 valence electrons. The highest BCUT2D eigenvalue weighted by molar-refractivity contribution is 5.48. The Hall–Kier alpha value is -1.22. The lowest BCUT2D eigenvalue weighted by atomic mass is 10.2. The average Bonchev–Trinajstić information content (AvgIpc) is 2.55. The minimum absolute atomic E-state index is 0.587. The van der Waals surface area contributed by atoms with Crippen molar-refractivity contribution in [1.82, 2.24) is 5.32 Å². The Morgan fingerprint density at radius 1 is 1.05 bits per heavy atom. The van der Waals surface area contributed by atoms with E-state index in [1.54, 1.807) is 0 Å². The van der Waals surface area contributed by atoms with Gasteiger partial charge in [0, 0.05) is 30.9 Å². The van der Waals surface area contributed by atoms with Gasteiger partial charge in [0.25, 0.3) is 0 Å². The van der Waals surface area contributed by atoms with Crippen molar-refractivity contribution in [1.29, 1.82) is 0 Å². The molecule has 0 aliphatic heterocycles. The molecule has 22 heavy (non-hydrogen) atoms. The first kappa shape index (κ1) is 18.8. The highest BCUT2D eigenvalue weighted by Crippen LogP contribution is 2.17. The van der Waals surface area contributed by atoms with E-state index in [9.17, 15) is 0 Å². The van der Waals surface area contributed by atoms with Gasteiger partial charge in [-0.25, -0.2) is 0 Å². The van der Waals surface area contributed by atoms with Gasteiger partial charge < -0.3 is 15.4 Å². The number of hydrogen-bond acceptors (Lipinski definition) is 3. The van der Waals surface area contributed by atoms with Gasteiger partial charge in [-0.2, -0.15) is 0 Å². The molecule has 0 bridgehead atoms. The van der Waals surface area contributed by atoms with Crippen LogP contribution in [-0.2, 0) is 0 Å². The fourth-order valence-corrected chi connectivity index (χ4v) is 2.26. The average molecular weight is 306 g/mol. The van der Waals surface area contributed by atoms with E-state index in [-0.39, 0.29) is 0 Å². The number of unbranched alkanes of at least 4 members (excludes halogenated alkanes) is 4. The van der Waals surface area contributed by atoms with Crippen LogP contribution in [0.2, 0.25) is 0 Å². The van der Waals surface area contributed by atoms with Gasteiger partial charge in [0.1, 0.15) is 5.75 Å². The van der Waals surface area contributed by atoms with Gasteiger partial charge in [-0.3, -0.25) is 0 Å². The Morgan fingerprint density at radius 2 is 1.86 bits per heavy atom. The molecule has 0 saturated heterocycles. The fraction of sp³-hybridized carbons (Fsp3) is 0.684. The summed E-state index contributed by atoms with van der Waals surface area (Å²) in [5.41, 5.74) is 1.13. The Morgan fingerprint density at radius 3 is 2.64 bits per heavy atom. The molecule has 0 heterocycles. The molecule has 0 aromatic heterocycles. The van der Waals surface area contributed by atoms with E-state index in [1.807, 2.05) is 6.07 Å². The van der Waals surface area contributed by atoms with Crippen LogP contribution >= 0.6 is 0 Å². The van der Waals surface area contributed by atoms with Gasteiger partial charge in [-0.15, -0.1) is 0 Å². The molecule has 0 radical (unpaired) electrons. The van der Waals surface area contributed by atoms with Gasteiger partial charge in [-0.05, 0) is 31.9 Å². The third-order valence-electron chi connectivity index (χ3n) is 3.91. The van der Waals surface area contributed by atoms with E-state index in [1.165, 1.54) is 32.1 Å². The normalized spacial score (nSPS) is 12.1. The second kappa shape index (κ2) is 12.3. The molecular formula is C19H34N2O. The first-order valence-electron chi connectivity index (χ1n) is 8.96. The van der Waals surface area contributed by atoms with Crippen LogP contribution in [0, 0.1) is 0 Å². The zero-order valence-electron chi connectivity index (χ0n) is 14.7. The predicted molar refractivity (Wildman–Crippen MR) is 96.9 cm³/mol. The molecule has 0 spiro atoms. The van der Waals surface area contributed by atoms with E-state index in [4.69, 9.17) is 4.74 Å². The van der Waals surface area contributed by atoms with Crippen LogP contribution in [0.4, 0.5) is 5.69 Å². The lowest BCUT2D eigenvalue weighted by molar-refractivity contribution is 0.304. The Bertz CT molecular complexity index is 381. The minimum atomic E-state index is 0.587. The van der Waals surface area contributed by atoms with Crippen molar-refractivity contribution in [2.24, 2.45) is 0 Å². The van der Waals surface area contributed by atoms with Crippen molar-refractivity contribution in [2.75, 3.05) is 25.0 Å². The van der Waals surface area contributed by atoms with Gasteiger partial charge in [0.2, 0.25) is 0 Å². The SMILES string of the molecule is CCCCCCCOc1cccc(NCCNC(C)CC)c1. The lowest BCUT2D eigenvalue weighted by Gasteiger charge is -2.13. The second-order valence-electron chi connectivity index (χ2n) is 5.98. The molecule has 0 amide bonds. The van der Waals surface area contributed by atoms with Crippen molar-refractivity contribution >= 4 is 5.69 Å². The standard InChI is InChI=1S/C19H34N2O/c1-4-6-7-8-9-15-22-19-12-10-11-18(16-19)21-14-13-20-17(3)5-2/h10-12,16-17,20-21H,4-9,13-15H2,1-3H3. The van der Waals surface area contributed by atoms with E-state index >= 15 is 0 Å². The number of nitrogens with one attached hydrogen (secondary N) is 2. The van der Waals surface area contributed by atoms with Crippen molar-refractivity contribution in [3.05, 3.63) is 24.3 Å². The lowest BCUT2D eigenvalue weighted by Crippen LogP contribution is -2.30. The maximum absolute atomic E-state index is 5.83. The molecule has 1 aromatic rings. The number of benzene rings is 1. The van der Waals surface area contributed by atoms with Crippen LogP contribution in [0.25, 0.3) is 0 Å². The Labute approximate surface area is 136 Å². The largest absolute Gasteiger partial charge is 0.494 e. The molecule has 1 unspecified atom stereocenters. The predicted octanol–water partition coefficient (Wildman–Crippen LogP) is 4.84. The first-order valence-corrected chi connectivity index (χ1v) is 8.96. The van der Waals surface area contributed by atoms with Gasteiger partial charge >= 0.3 is 0 Å². The molecule has 3 heteroatoms. The summed E-state index contributed by atoms with van der Waals surface area (Å²) in [6.45, 7) is 9.40. The summed E-state index contributed by atoms with van der Waals surface area (Å²) in [6, 6.07) is 8.86. The van der Waals surface area contributed by atoms with Crippen LogP contribution in [0.15, 0.2) is 24.3 Å². The fourth-order valence-electron chi connectivity index (χ4n) is 2.26. The van der Waals surface area contributed by atoms with Crippen LogP contribution in [-0.4, -0.2) is 25.7 Å². The molecule has 0 aliphatic rings. The van der Waals surface area contributed by atoms with Gasteiger partial charge in [0.05, 0.1) is 6.61 Å². The minimum Gasteiger partial charge on any atom is -0.494 e. The van der Waals surface area contributed by atoms with Crippen LogP contribution < -0.4 is 15.4 Å². The smallest absolute Gasteiger partial charge is 0.121 e. The van der Waals surface area contributed by atoms with Crippen molar-refractivity contribution in [2.45, 2.75) is 65.3 Å². The molecule has 0 fully saturated rings. The number of ether oxygens (including phenoxy) is 1. The van der Waals surface area contributed by atoms with Crippen molar-refractivity contribution < 1.29 is 4.74 Å². The van der Waals surface area contributed by atoms with Crippen molar-refractivity contribution in [3.63, 3.8) is 0 Å². The molecule has 2 N–H and O–H groups in total. The Kier molecular flexibility index (Phi) is 10.6. The number of rotatable bonds is 13. The highest BCUT2D eigenvalue weighted by atomic mass is 16.5. The summed E-state index contributed by atoms with van der Waals surface area (Å²) in [7, 11) is 0. The third kappa shape index (κ3) is 8.93. The summed E-state index contributed by atoms with van der Waals surface area (Å²) in [5.74, 6) is 0.968. The second-order valence-corrected chi connectivity index (χ2v) is 5.98. The van der Waals surface area contributed by atoms with Crippen molar-refractivity contribution in [3.8, 4) is 5.75 Å². The molecule has 1 rings (SSSR count). The zero-order valence-corrected chi connectivity index (χ0v) is 14.7. The van der Waals surface area contributed by atoms with Gasteiger partial charge in [0.15, 0.2) is 0 Å². The number of anilines is 1. The maximum atomic E-state index is 5.83. The summed E-state index contributed by atoms with van der Waals surface area (Å²) >= 11 is 0. The highest BCUT2D eigenvalue weighted by Gasteiger charge is 1.99. The quantitative estimate of drug-likeness (QED) is 0.512. The summed E-state index contributed by atoms with van der Waals surface area (Å²) in [4.78, 5) is 0. The molecule has 1 aromatic carbocycles. The third-order valence-corrected chi connectivity index (χ3v) is 3.91. The summed E-state index contributed by atoms with van der Waals surface area (Å²) < 4.78 is 5.83. The van der Waals surface area contributed by atoms with Gasteiger partial charge in [-0.1, -0.05) is 45.6 Å². The molecule has 0 saturated carbocycles. The first-order chi connectivity index (χ1) is 10.8. The van der Waals surface area contributed by atoms with E-state index in [2.05, 4.69) is 49.6 Å². The summed E-state index contributed by atoms with van der Waals surface area (Å²) in [6.07, 6.45) is 7.54. The van der Waals surface area contributed by atoms with E-state index < -0.39 is 0 Å². The molecule has 0 aliphatic carbocycles. The summed E-state index contributed by atoms with van der Waals surface area (Å²) in [5, 5.41) is 6.92. The van der Waals surface area contributed by atoms with Crippen LogP contribution in [0.3, 0.4) is 0 Å². The zero-order chi connectivity index (χ0) is 16.0. The monoisotopic (exact) mass is 306 g/mol. The molecule has 1 atom stereocenters.